The Kier molecular flexibility index (Phi) is 2.81. The number of benzene rings is 2. The minimum absolute atomic E-state index is 0.316. The van der Waals surface area contributed by atoms with Crippen LogP contribution in [0.3, 0.4) is 0 Å². The first kappa shape index (κ1) is 11.1. The molecule has 0 spiro atoms. The normalized spacial score (nSPS) is 18.1. The van der Waals surface area contributed by atoms with E-state index in [1.54, 1.807) is 0 Å². The van der Waals surface area contributed by atoms with Gasteiger partial charge in [-0.25, -0.2) is 0 Å². The van der Waals surface area contributed by atoms with Crippen molar-refractivity contribution in [2.24, 2.45) is 0 Å². The fourth-order valence-corrected chi connectivity index (χ4v) is 3.09. The summed E-state index contributed by atoms with van der Waals surface area (Å²) in [6.45, 7) is 3.80. The van der Waals surface area contributed by atoms with E-state index in [2.05, 4.69) is 58.5 Å². The highest BCUT2D eigenvalue weighted by atomic mass is 79.9. The molecule has 2 nitrogen and oxygen atoms in total. The number of hydrogen-bond acceptors (Lipinski definition) is 2. The van der Waals surface area contributed by atoms with Crippen LogP contribution in [0.2, 0.25) is 0 Å². The lowest BCUT2D eigenvalue weighted by Crippen LogP contribution is -2.21. The van der Waals surface area contributed by atoms with E-state index in [0.29, 0.717) is 6.04 Å². The summed E-state index contributed by atoms with van der Waals surface area (Å²) in [5, 5.41) is 5.91. The van der Waals surface area contributed by atoms with Crippen molar-refractivity contribution >= 4 is 26.7 Å². The molecular formula is C14H14BrNO. The molecule has 1 atom stereocenters. The molecule has 0 bridgehead atoms. The average molecular weight is 292 g/mol. The van der Waals surface area contributed by atoms with Crippen LogP contribution in [-0.4, -0.2) is 13.2 Å². The number of ether oxygens (including phenoxy) is 1. The zero-order chi connectivity index (χ0) is 11.8. The quantitative estimate of drug-likeness (QED) is 0.912. The highest BCUT2D eigenvalue weighted by Gasteiger charge is 2.26. The number of hydrogen-bond donors (Lipinski definition) is 1. The summed E-state index contributed by atoms with van der Waals surface area (Å²) in [5.74, 6) is 0.995. The molecule has 17 heavy (non-hydrogen) atoms. The Bertz CT molecular complexity index is 567. The first-order valence-corrected chi connectivity index (χ1v) is 6.68. The SMILES string of the molecule is CCNC1COc2c1cc1ccccc1c2Br. The summed E-state index contributed by atoms with van der Waals surface area (Å²) in [4.78, 5) is 0. The lowest BCUT2D eigenvalue weighted by atomic mass is 10.0. The van der Waals surface area contributed by atoms with Gasteiger partial charge in [0.25, 0.3) is 0 Å². The molecule has 88 valence electrons. The Hall–Kier alpha value is -1.06. The molecule has 2 aromatic carbocycles. The van der Waals surface area contributed by atoms with Crippen molar-refractivity contribution in [2.45, 2.75) is 13.0 Å². The van der Waals surface area contributed by atoms with Crippen LogP contribution in [-0.2, 0) is 0 Å². The van der Waals surface area contributed by atoms with Gasteiger partial charge in [0.2, 0.25) is 0 Å². The maximum absolute atomic E-state index is 5.79. The van der Waals surface area contributed by atoms with Crippen LogP contribution in [0.15, 0.2) is 34.8 Å². The van der Waals surface area contributed by atoms with Gasteiger partial charge in [0.15, 0.2) is 0 Å². The maximum atomic E-state index is 5.79. The summed E-state index contributed by atoms with van der Waals surface area (Å²) < 4.78 is 6.87. The second-order valence-corrected chi connectivity index (χ2v) is 5.04. The summed E-state index contributed by atoms with van der Waals surface area (Å²) in [5.41, 5.74) is 1.26. The van der Waals surface area contributed by atoms with Gasteiger partial charge in [-0.05, 0) is 39.3 Å². The van der Waals surface area contributed by atoms with E-state index >= 15 is 0 Å². The fourth-order valence-electron chi connectivity index (χ4n) is 2.38. The Morgan fingerprint density at radius 1 is 1.41 bits per heavy atom. The van der Waals surface area contributed by atoms with E-state index in [0.717, 1.165) is 23.4 Å². The first-order chi connectivity index (χ1) is 8.31. The predicted octanol–water partition coefficient (Wildman–Crippen LogP) is 3.65. The molecule has 3 heteroatoms. The van der Waals surface area contributed by atoms with Crippen LogP contribution in [0.4, 0.5) is 0 Å². The van der Waals surface area contributed by atoms with Crippen LogP contribution in [0.25, 0.3) is 10.8 Å². The van der Waals surface area contributed by atoms with E-state index in [-0.39, 0.29) is 0 Å². The summed E-state index contributed by atoms with van der Waals surface area (Å²) in [6.07, 6.45) is 0. The third kappa shape index (κ3) is 1.74. The van der Waals surface area contributed by atoms with Gasteiger partial charge in [0, 0.05) is 5.56 Å². The van der Waals surface area contributed by atoms with Crippen molar-refractivity contribution in [1.82, 2.24) is 5.32 Å². The molecule has 1 aliphatic rings. The number of halogens is 1. The molecule has 1 N–H and O–H groups in total. The summed E-state index contributed by atoms with van der Waals surface area (Å²) in [6, 6.07) is 10.9. The average Bonchev–Trinajstić information content (AvgIpc) is 2.74. The van der Waals surface area contributed by atoms with Crippen molar-refractivity contribution < 1.29 is 4.74 Å². The van der Waals surface area contributed by atoms with E-state index in [1.807, 2.05) is 0 Å². The van der Waals surface area contributed by atoms with Gasteiger partial charge in [-0.1, -0.05) is 31.2 Å². The lowest BCUT2D eigenvalue weighted by molar-refractivity contribution is 0.312. The summed E-state index contributed by atoms with van der Waals surface area (Å²) in [7, 11) is 0. The van der Waals surface area contributed by atoms with Crippen LogP contribution in [0.5, 0.6) is 5.75 Å². The smallest absolute Gasteiger partial charge is 0.139 e. The molecule has 1 aliphatic heterocycles. The monoisotopic (exact) mass is 291 g/mol. The molecule has 1 unspecified atom stereocenters. The van der Waals surface area contributed by atoms with E-state index in [9.17, 15) is 0 Å². The maximum Gasteiger partial charge on any atom is 0.139 e. The van der Waals surface area contributed by atoms with Crippen LogP contribution >= 0.6 is 15.9 Å². The van der Waals surface area contributed by atoms with Crippen molar-refractivity contribution in [1.29, 1.82) is 0 Å². The molecule has 0 aromatic heterocycles. The van der Waals surface area contributed by atoms with Crippen molar-refractivity contribution in [3.63, 3.8) is 0 Å². The fraction of sp³-hybridized carbons (Fsp3) is 0.286. The van der Waals surface area contributed by atoms with Crippen LogP contribution in [0, 0.1) is 0 Å². The van der Waals surface area contributed by atoms with Gasteiger partial charge in [-0.2, -0.15) is 0 Å². The van der Waals surface area contributed by atoms with Gasteiger partial charge >= 0.3 is 0 Å². The van der Waals surface area contributed by atoms with Gasteiger partial charge in [-0.3, -0.25) is 0 Å². The minimum atomic E-state index is 0.316. The number of rotatable bonds is 2. The second-order valence-electron chi connectivity index (χ2n) is 4.25. The number of fused-ring (bicyclic) bond motifs is 2. The molecule has 3 rings (SSSR count). The predicted molar refractivity (Wildman–Crippen MR) is 73.6 cm³/mol. The molecule has 2 aromatic rings. The lowest BCUT2D eigenvalue weighted by Gasteiger charge is -2.10. The molecule has 0 saturated heterocycles. The molecule has 0 fully saturated rings. The van der Waals surface area contributed by atoms with Gasteiger partial charge in [-0.15, -0.1) is 0 Å². The van der Waals surface area contributed by atoms with Crippen LogP contribution in [0.1, 0.15) is 18.5 Å². The largest absolute Gasteiger partial charge is 0.490 e. The highest BCUT2D eigenvalue weighted by molar-refractivity contribution is 9.10. The van der Waals surface area contributed by atoms with E-state index < -0.39 is 0 Å². The van der Waals surface area contributed by atoms with Crippen molar-refractivity contribution in [3.05, 3.63) is 40.4 Å². The molecular weight excluding hydrogens is 278 g/mol. The molecule has 0 radical (unpaired) electrons. The standard InChI is InChI=1S/C14H14BrNO/c1-2-16-12-8-17-14-11(12)7-9-5-3-4-6-10(9)13(14)15/h3-7,12,16H,2,8H2,1H3. The summed E-state index contributed by atoms with van der Waals surface area (Å²) >= 11 is 3.66. The minimum Gasteiger partial charge on any atom is -0.490 e. The van der Waals surface area contributed by atoms with Gasteiger partial charge < -0.3 is 10.1 Å². The second kappa shape index (κ2) is 4.31. The Balaban J connectivity index is 2.20. The number of likely N-dealkylation sites (N-methyl/N-ethyl adjacent to an activating group) is 1. The highest BCUT2D eigenvalue weighted by Crippen LogP contribution is 2.43. The van der Waals surface area contributed by atoms with Crippen molar-refractivity contribution in [2.75, 3.05) is 13.2 Å². The molecule has 1 heterocycles. The third-order valence-electron chi connectivity index (χ3n) is 3.19. The van der Waals surface area contributed by atoms with Gasteiger partial charge in [0.05, 0.1) is 10.5 Å². The van der Waals surface area contributed by atoms with E-state index in [1.165, 1.54) is 16.3 Å². The Morgan fingerprint density at radius 2 is 2.24 bits per heavy atom. The van der Waals surface area contributed by atoms with Crippen molar-refractivity contribution in [3.8, 4) is 5.75 Å². The Morgan fingerprint density at radius 3 is 3.06 bits per heavy atom. The first-order valence-electron chi connectivity index (χ1n) is 5.88. The third-order valence-corrected chi connectivity index (χ3v) is 3.98. The van der Waals surface area contributed by atoms with Gasteiger partial charge in [0.1, 0.15) is 12.4 Å². The topological polar surface area (TPSA) is 21.3 Å². The number of nitrogens with one attached hydrogen (secondary N) is 1. The zero-order valence-electron chi connectivity index (χ0n) is 9.66. The Labute approximate surface area is 109 Å². The molecule has 0 aliphatic carbocycles. The van der Waals surface area contributed by atoms with Crippen LogP contribution < -0.4 is 10.1 Å². The van der Waals surface area contributed by atoms with E-state index in [4.69, 9.17) is 4.74 Å². The zero-order valence-corrected chi connectivity index (χ0v) is 11.3. The molecule has 0 saturated carbocycles. The molecule has 0 amide bonds.